The molecular formula is C11H11NO5. The second kappa shape index (κ2) is 5.64. The van der Waals surface area contributed by atoms with Crippen molar-refractivity contribution in [3.63, 3.8) is 0 Å². The number of carboxylic acids is 1. The molecule has 6 heteroatoms. The first-order chi connectivity index (χ1) is 8.00. The predicted octanol–water partition coefficient (Wildman–Crippen LogP) is 1.03. The van der Waals surface area contributed by atoms with E-state index in [2.05, 4.69) is 4.74 Å². The second-order valence-electron chi connectivity index (χ2n) is 3.25. The van der Waals surface area contributed by atoms with Gasteiger partial charge in [0.05, 0.1) is 5.56 Å². The fourth-order valence-electron chi connectivity index (χ4n) is 0.985. The molecule has 1 rings (SSSR count). The fourth-order valence-corrected chi connectivity index (χ4v) is 0.985. The maximum atomic E-state index is 11.4. The molecule has 2 N–H and O–H groups in total. The van der Waals surface area contributed by atoms with Crippen molar-refractivity contribution >= 4 is 18.0 Å². The topological polar surface area (TPSA) is 92.7 Å². The molecule has 0 aromatic heterocycles. The summed E-state index contributed by atoms with van der Waals surface area (Å²) in [7, 11) is 0. The summed E-state index contributed by atoms with van der Waals surface area (Å²) in [5, 5.41) is 10.5. The molecule has 0 aliphatic rings. The van der Waals surface area contributed by atoms with Crippen LogP contribution in [0.4, 0.5) is 4.79 Å². The van der Waals surface area contributed by atoms with Gasteiger partial charge in [-0.1, -0.05) is 18.2 Å². The van der Waals surface area contributed by atoms with E-state index in [9.17, 15) is 14.4 Å². The zero-order chi connectivity index (χ0) is 12.8. The zero-order valence-corrected chi connectivity index (χ0v) is 9.04. The predicted molar refractivity (Wildman–Crippen MR) is 57.5 cm³/mol. The number of ether oxygens (including phenoxy) is 1. The number of hydrogen-bond donors (Lipinski definition) is 2. The molecule has 1 unspecified atom stereocenters. The molecule has 0 bridgehead atoms. The van der Waals surface area contributed by atoms with Crippen LogP contribution in [0.3, 0.4) is 0 Å². The summed E-state index contributed by atoms with van der Waals surface area (Å²) >= 11 is 0. The Bertz CT molecular complexity index is 429. The van der Waals surface area contributed by atoms with Crippen LogP contribution in [0.2, 0.25) is 0 Å². The molecule has 0 saturated heterocycles. The molecule has 0 radical (unpaired) electrons. The molecule has 6 nitrogen and oxygen atoms in total. The van der Waals surface area contributed by atoms with Crippen LogP contribution in [0.1, 0.15) is 17.3 Å². The highest BCUT2D eigenvalue weighted by molar-refractivity contribution is 5.96. The SMILES string of the molecule is CC(NC(=O)OC(=O)c1ccccc1)C(=O)O. The minimum Gasteiger partial charge on any atom is -0.480 e. The second-order valence-corrected chi connectivity index (χ2v) is 3.25. The zero-order valence-electron chi connectivity index (χ0n) is 9.04. The monoisotopic (exact) mass is 237 g/mol. The largest absolute Gasteiger partial charge is 0.480 e. The third kappa shape index (κ3) is 3.94. The molecule has 0 fully saturated rings. The van der Waals surface area contributed by atoms with Crippen molar-refractivity contribution in [2.45, 2.75) is 13.0 Å². The van der Waals surface area contributed by atoms with Crippen molar-refractivity contribution in [1.29, 1.82) is 0 Å². The number of hydrogen-bond acceptors (Lipinski definition) is 4. The molecule has 0 aliphatic carbocycles. The van der Waals surface area contributed by atoms with Crippen molar-refractivity contribution in [2.24, 2.45) is 0 Å². The minimum absolute atomic E-state index is 0.214. The fraction of sp³-hybridized carbons (Fsp3) is 0.182. The summed E-state index contributed by atoms with van der Waals surface area (Å²) in [5.41, 5.74) is 0.214. The molecule has 0 saturated carbocycles. The average Bonchev–Trinajstić information content (AvgIpc) is 2.29. The number of rotatable bonds is 3. The van der Waals surface area contributed by atoms with Crippen LogP contribution >= 0.6 is 0 Å². The van der Waals surface area contributed by atoms with Gasteiger partial charge in [-0.25, -0.2) is 9.59 Å². The highest BCUT2D eigenvalue weighted by Crippen LogP contribution is 2.01. The van der Waals surface area contributed by atoms with Gasteiger partial charge in [-0.15, -0.1) is 0 Å². The number of carbonyl (C=O) groups is 3. The number of alkyl carbamates (subject to hydrolysis) is 1. The van der Waals surface area contributed by atoms with Crippen molar-refractivity contribution in [3.05, 3.63) is 35.9 Å². The van der Waals surface area contributed by atoms with Crippen LogP contribution < -0.4 is 5.32 Å². The quantitative estimate of drug-likeness (QED) is 0.605. The van der Waals surface area contributed by atoms with E-state index in [4.69, 9.17) is 5.11 Å². The Hall–Kier alpha value is -2.37. The van der Waals surface area contributed by atoms with Gasteiger partial charge in [-0.2, -0.15) is 0 Å². The third-order valence-electron chi connectivity index (χ3n) is 1.90. The standard InChI is InChI=1S/C11H11NO5/c1-7(9(13)14)12-11(16)17-10(15)8-5-3-2-4-6-8/h2-7H,1H3,(H,12,16)(H,13,14). The molecule has 1 amide bonds. The number of nitrogens with one attached hydrogen (secondary N) is 1. The number of esters is 1. The van der Waals surface area contributed by atoms with E-state index in [1.807, 2.05) is 5.32 Å². The first kappa shape index (κ1) is 12.7. The van der Waals surface area contributed by atoms with Crippen LogP contribution in [-0.2, 0) is 9.53 Å². The van der Waals surface area contributed by atoms with E-state index >= 15 is 0 Å². The van der Waals surface area contributed by atoms with E-state index in [-0.39, 0.29) is 5.56 Å². The number of carboxylic acid groups (broad SMARTS) is 1. The summed E-state index contributed by atoms with van der Waals surface area (Å²) in [6.07, 6.45) is -1.09. The van der Waals surface area contributed by atoms with E-state index in [1.54, 1.807) is 18.2 Å². The van der Waals surface area contributed by atoms with Crippen molar-refractivity contribution in [2.75, 3.05) is 0 Å². The highest BCUT2D eigenvalue weighted by atomic mass is 16.6. The van der Waals surface area contributed by atoms with Crippen LogP contribution in [0, 0.1) is 0 Å². The van der Waals surface area contributed by atoms with Gasteiger partial charge in [0, 0.05) is 0 Å². The first-order valence-electron chi connectivity index (χ1n) is 4.81. The molecule has 17 heavy (non-hydrogen) atoms. The Morgan fingerprint density at radius 2 is 1.82 bits per heavy atom. The average molecular weight is 237 g/mol. The lowest BCUT2D eigenvalue weighted by molar-refractivity contribution is -0.138. The Morgan fingerprint density at radius 3 is 2.35 bits per heavy atom. The third-order valence-corrected chi connectivity index (χ3v) is 1.90. The number of carbonyl (C=O) groups excluding carboxylic acids is 2. The molecule has 90 valence electrons. The van der Waals surface area contributed by atoms with E-state index in [0.717, 1.165) is 0 Å². The highest BCUT2D eigenvalue weighted by Gasteiger charge is 2.18. The van der Waals surface area contributed by atoms with Gasteiger partial charge < -0.3 is 15.2 Å². The number of aliphatic carboxylic acids is 1. The summed E-state index contributed by atoms with van der Waals surface area (Å²) < 4.78 is 4.40. The Balaban J connectivity index is 2.53. The number of benzene rings is 1. The summed E-state index contributed by atoms with van der Waals surface area (Å²) in [6, 6.07) is 6.80. The maximum Gasteiger partial charge on any atom is 0.415 e. The lowest BCUT2D eigenvalue weighted by atomic mass is 10.2. The first-order valence-corrected chi connectivity index (χ1v) is 4.81. The van der Waals surface area contributed by atoms with Gasteiger partial charge in [0.15, 0.2) is 0 Å². The van der Waals surface area contributed by atoms with Gasteiger partial charge in [-0.3, -0.25) is 4.79 Å². The Kier molecular flexibility index (Phi) is 4.21. The van der Waals surface area contributed by atoms with E-state index in [1.165, 1.54) is 19.1 Å². The molecule has 1 aromatic rings. The molecule has 1 atom stereocenters. The van der Waals surface area contributed by atoms with Crippen molar-refractivity contribution in [3.8, 4) is 0 Å². The van der Waals surface area contributed by atoms with Gasteiger partial charge in [0.1, 0.15) is 6.04 Å². The van der Waals surface area contributed by atoms with Crippen LogP contribution in [0.5, 0.6) is 0 Å². The summed E-state index contributed by atoms with van der Waals surface area (Å²) in [5.74, 6) is -2.05. The van der Waals surface area contributed by atoms with Crippen molar-refractivity contribution < 1.29 is 24.2 Å². The molecule has 0 aliphatic heterocycles. The Labute approximate surface area is 97.2 Å². The van der Waals surface area contributed by atoms with E-state index in [0.29, 0.717) is 0 Å². The van der Waals surface area contributed by atoms with Crippen molar-refractivity contribution in [1.82, 2.24) is 5.32 Å². The van der Waals surface area contributed by atoms with Crippen LogP contribution in [-0.4, -0.2) is 29.2 Å². The lowest BCUT2D eigenvalue weighted by Crippen LogP contribution is -2.39. The Morgan fingerprint density at radius 1 is 1.24 bits per heavy atom. The lowest BCUT2D eigenvalue weighted by Gasteiger charge is -2.08. The molecular weight excluding hydrogens is 226 g/mol. The number of amides is 1. The van der Waals surface area contributed by atoms with Gasteiger partial charge in [-0.05, 0) is 19.1 Å². The molecule has 0 heterocycles. The van der Waals surface area contributed by atoms with Gasteiger partial charge in [0.25, 0.3) is 0 Å². The van der Waals surface area contributed by atoms with Crippen LogP contribution in [0.25, 0.3) is 0 Å². The van der Waals surface area contributed by atoms with Gasteiger partial charge >= 0.3 is 18.0 Å². The summed E-state index contributed by atoms with van der Waals surface area (Å²) in [6.45, 7) is 1.26. The van der Waals surface area contributed by atoms with E-state index < -0.39 is 24.1 Å². The smallest absolute Gasteiger partial charge is 0.415 e. The molecule has 0 spiro atoms. The maximum absolute atomic E-state index is 11.4. The molecule has 1 aromatic carbocycles. The van der Waals surface area contributed by atoms with Gasteiger partial charge in [0.2, 0.25) is 0 Å². The normalized spacial score (nSPS) is 11.4. The summed E-state index contributed by atoms with van der Waals surface area (Å²) in [4.78, 5) is 32.9. The van der Waals surface area contributed by atoms with Crippen LogP contribution in [0.15, 0.2) is 30.3 Å². The minimum atomic E-state index is -1.21.